The van der Waals surface area contributed by atoms with Crippen molar-refractivity contribution < 1.29 is 13.4 Å². The molecule has 54 heavy (non-hydrogen) atoms. The highest BCUT2D eigenvalue weighted by molar-refractivity contribution is 5.72. The fourth-order valence-electron chi connectivity index (χ4n) is 9.06. The number of benzene rings is 2. The quantitative estimate of drug-likeness (QED) is 0.139. The molecule has 3 nitrogen and oxygen atoms in total. The van der Waals surface area contributed by atoms with E-state index in [9.17, 15) is 0 Å². The molecule has 3 aromatic rings. The van der Waals surface area contributed by atoms with E-state index >= 15 is 0 Å². The third-order valence-corrected chi connectivity index (χ3v) is 12.0. The van der Waals surface area contributed by atoms with Gasteiger partial charge in [-0.05, 0) is 116 Å². The van der Waals surface area contributed by atoms with Gasteiger partial charge in [-0.15, -0.1) is 42.4 Å². The van der Waals surface area contributed by atoms with Crippen molar-refractivity contribution in [1.82, 2.24) is 0 Å². The van der Waals surface area contributed by atoms with Crippen molar-refractivity contribution in [2.75, 3.05) is 0 Å². The molecule has 0 bridgehead atoms. The summed E-state index contributed by atoms with van der Waals surface area (Å²) in [5.41, 5.74) is 10.4. The van der Waals surface area contributed by atoms with Gasteiger partial charge in [-0.25, -0.2) is 4.24 Å². The number of aryl methyl sites for hydroxylation is 3. The number of pyridine rings is 1. The minimum absolute atomic E-state index is 0.727. The number of hydrogen-bond acceptors (Lipinski definition) is 0. The molecule has 1 unspecified atom stereocenters. The molecule has 276 valence electrons. The third-order valence-electron chi connectivity index (χ3n) is 12.0. The molecule has 1 fully saturated rings. The Hall–Kier alpha value is -5.28. The number of rotatable bonds is 11. The average molecular weight is 712 g/mol. The Bertz CT molecular complexity index is 2090. The molecule has 2 aliphatic heterocycles. The van der Waals surface area contributed by atoms with Crippen molar-refractivity contribution in [3.8, 4) is 0 Å². The van der Waals surface area contributed by atoms with Gasteiger partial charge in [-0.1, -0.05) is 92.1 Å². The van der Waals surface area contributed by atoms with Crippen molar-refractivity contribution >= 4 is 19.0 Å². The fraction of sp³-hybridized carbons (Fsp3) is 0.294. The lowest BCUT2D eigenvalue weighted by Crippen LogP contribution is -2.38. The van der Waals surface area contributed by atoms with Crippen LogP contribution in [-0.2, 0) is 6.42 Å². The Morgan fingerprint density at radius 3 is 1.61 bits per heavy atom. The van der Waals surface area contributed by atoms with Gasteiger partial charge in [0.05, 0.1) is 13.4 Å². The highest BCUT2D eigenvalue weighted by Gasteiger charge is 2.29. The van der Waals surface area contributed by atoms with Crippen LogP contribution in [0.2, 0.25) is 0 Å². The molecular weight excluding hydrogens is 655 g/mol. The van der Waals surface area contributed by atoms with Crippen LogP contribution in [0.3, 0.4) is 0 Å². The molecule has 3 heteroatoms. The fourth-order valence-corrected chi connectivity index (χ4v) is 9.06. The maximum absolute atomic E-state index is 4.39. The molecule has 2 aliphatic carbocycles. The van der Waals surface area contributed by atoms with Gasteiger partial charge in [0.1, 0.15) is 36.6 Å². The molecule has 3 heterocycles. The summed E-state index contributed by atoms with van der Waals surface area (Å²) < 4.78 is 6.22. The summed E-state index contributed by atoms with van der Waals surface area (Å²) in [4.78, 5) is 0. The van der Waals surface area contributed by atoms with Gasteiger partial charge < -0.3 is 0 Å². The molecule has 0 radical (unpaired) electrons. The molecule has 0 saturated heterocycles. The van der Waals surface area contributed by atoms with Gasteiger partial charge >= 0.3 is 0 Å². The average Bonchev–Trinajstić information content (AvgIpc) is 3.17. The second-order valence-corrected chi connectivity index (χ2v) is 16.0. The van der Waals surface area contributed by atoms with Crippen LogP contribution >= 0.6 is 0 Å². The van der Waals surface area contributed by atoms with E-state index in [0.717, 1.165) is 37.0 Å². The van der Waals surface area contributed by atoms with Gasteiger partial charge in [0.15, 0.2) is 6.20 Å². The molecular formula is C51H57N3. The van der Waals surface area contributed by atoms with E-state index in [2.05, 4.69) is 182 Å². The monoisotopic (exact) mass is 711 g/mol. The Labute approximate surface area is 324 Å². The summed E-state index contributed by atoms with van der Waals surface area (Å²) in [5, 5.41) is 1.17. The summed E-state index contributed by atoms with van der Waals surface area (Å²) in [5.74, 6) is 3.46. The van der Waals surface area contributed by atoms with E-state index < -0.39 is 0 Å². The minimum Gasteiger partial charge on any atom is -0.255 e. The van der Waals surface area contributed by atoms with Gasteiger partial charge in [0.25, 0.3) is 0 Å². The van der Waals surface area contributed by atoms with Crippen molar-refractivity contribution in [1.29, 1.82) is 0 Å². The van der Waals surface area contributed by atoms with Crippen molar-refractivity contribution in [2.24, 2.45) is 17.8 Å². The lowest BCUT2D eigenvalue weighted by Gasteiger charge is -2.36. The smallest absolute Gasteiger partial charge is 0.168 e. The maximum atomic E-state index is 4.39. The Morgan fingerprint density at radius 2 is 1.13 bits per heavy atom. The molecule has 3 atom stereocenters. The summed E-state index contributed by atoms with van der Waals surface area (Å²) in [6.07, 6.45) is 35.4. The van der Waals surface area contributed by atoms with Crippen LogP contribution in [-0.4, -0.2) is 22.6 Å². The molecule has 7 rings (SSSR count). The SMILES string of the molecule is C=[N+]1C=C(CC[C@@H]2CC(CCc3cc/c(=C4\C=CC=C[C-]4C)[n+](=C)c3)C[C@H](CCC3=C[N+](=C)[C-](c4ccccc4C)C=C3)C2)C=C[C-]1c1ccccc1C. The molecule has 1 saturated carbocycles. The van der Waals surface area contributed by atoms with E-state index in [1.54, 1.807) is 0 Å². The lowest BCUT2D eigenvalue weighted by molar-refractivity contribution is -0.514. The van der Waals surface area contributed by atoms with Crippen molar-refractivity contribution in [3.05, 3.63) is 197 Å². The van der Waals surface area contributed by atoms with Crippen molar-refractivity contribution in [3.63, 3.8) is 0 Å². The number of aromatic nitrogens is 1. The highest BCUT2D eigenvalue weighted by atomic mass is 15.0. The first-order chi connectivity index (χ1) is 26.2. The predicted octanol–water partition coefficient (Wildman–Crippen LogP) is 10.1. The van der Waals surface area contributed by atoms with E-state index in [0.29, 0.717) is 0 Å². The van der Waals surface area contributed by atoms with E-state index in [-0.39, 0.29) is 0 Å². The second-order valence-electron chi connectivity index (χ2n) is 16.0. The van der Waals surface area contributed by atoms with Crippen LogP contribution in [0, 0.1) is 56.3 Å². The van der Waals surface area contributed by atoms with Crippen LogP contribution < -0.4 is 9.59 Å². The molecule has 0 N–H and O–H groups in total. The third kappa shape index (κ3) is 8.74. The first kappa shape index (κ1) is 37.1. The molecule has 4 aliphatic rings. The standard InChI is InChI=1S/C51H57N3/c1-37-13-7-10-16-46(37)49-28-25-40(34-52(49)4)19-22-43-31-44(23-20-41-26-29-50(53(5)35-41)47-17-11-8-14-38(47)2)33-45(32-43)24-21-42-27-30-51(54(6)36-42)48-18-12-9-15-39(48)3/h7-18,25-30,34-36,43-45H,4-6,19-24,31-33H2,1-3H3/b49-46-/t43?,44-,45+. The maximum Gasteiger partial charge on any atom is 0.168 e. The zero-order chi connectivity index (χ0) is 37.6. The van der Waals surface area contributed by atoms with Gasteiger partial charge in [0.2, 0.25) is 0 Å². The normalized spacial score (nSPS) is 22.2. The van der Waals surface area contributed by atoms with Gasteiger partial charge in [-0.3, -0.25) is 9.15 Å². The highest BCUT2D eigenvalue weighted by Crippen LogP contribution is 2.41. The van der Waals surface area contributed by atoms with Crippen LogP contribution in [0.5, 0.6) is 0 Å². The number of hydrogen-bond donors (Lipinski definition) is 0. The zero-order valence-electron chi connectivity index (χ0n) is 32.7. The number of nitrogens with zero attached hydrogens (tertiary/aromatic N) is 3. The number of allylic oxidation sites excluding steroid dienone is 8. The van der Waals surface area contributed by atoms with Crippen LogP contribution in [0.25, 0.3) is 5.57 Å². The van der Waals surface area contributed by atoms with Gasteiger partial charge in [0, 0.05) is 5.56 Å². The van der Waals surface area contributed by atoms with Crippen LogP contribution in [0.4, 0.5) is 0 Å². The largest absolute Gasteiger partial charge is 0.255 e. The van der Waals surface area contributed by atoms with Gasteiger partial charge in [-0.2, -0.15) is 0 Å². The summed E-state index contributed by atoms with van der Waals surface area (Å²) in [6.45, 7) is 19.7. The molecule has 0 amide bonds. The summed E-state index contributed by atoms with van der Waals surface area (Å²) >= 11 is 0. The minimum atomic E-state index is 0.727. The molecule has 0 spiro atoms. The van der Waals surface area contributed by atoms with E-state index in [1.807, 2.05) is 0 Å². The van der Waals surface area contributed by atoms with Crippen LogP contribution in [0.15, 0.2) is 139 Å². The lowest BCUT2D eigenvalue weighted by atomic mass is 9.70. The predicted molar refractivity (Wildman–Crippen MR) is 225 cm³/mol. The Kier molecular flexibility index (Phi) is 11.5. The molecule has 2 aromatic carbocycles. The summed E-state index contributed by atoms with van der Waals surface area (Å²) in [7, 11) is 0. The second kappa shape index (κ2) is 16.8. The molecule has 1 aromatic heterocycles. The first-order valence-corrected chi connectivity index (χ1v) is 20.0. The van der Waals surface area contributed by atoms with E-state index in [4.69, 9.17) is 0 Å². The van der Waals surface area contributed by atoms with Crippen LogP contribution in [0.1, 0.15) is 86.1 Å². The Morgan fingerprint density at radius 1 is 0.611 bits per heavy atom. The van der Waals surface area contributed by atoms with E-state index in [1.165, 1.54) is 106 Å². The topological polar surface area (TPSA) is 11.9 Å². The summed E-state index contributed by atoms with van der Waals surface area (Å²) in [6, 6.07) is 24.1. The first-order valence-electron chi connectivity index (χ1n) is 20.0. The van der Waals surface area contributed by atoms with Crippen molar-refractivity contribution in [2.45, 2.75) is 78.6 Å². The Balaban J connectivity index is 1.01. The zero-order valence-corrected chi connectivity index (χ0v) is 32.7.